The van der Waals surface area contributed by atoms with Crippen molar-refractivity contribution in [1.29, 1.82) is 0 Å². The van der Waals surface area contributed by atoms with Gasteiger partial charge in [-0.2, -0.15) is 0 Å². The van der Waals surface area contributed by atoms with Crippen LogP contribution in [0.4, 0.5) is 4.39 Å². The molecule has 1 heterocycles. The lowest BCUT2D eigenvalue weighted by molar-refractivity contribution is -0.135. The van der Waals surface area contributed by atoms with Crippen LogP contribution in [0.15, 0.2) is 18.2 Å². The first-order valence-electron chi connectivity index (χ1n) is 6.96. The van der Waals surface area contributed by atoms with Crippen molar-refractivity contribution in [3.63, 3.8) is 0 Å². The molecule has 0 spiro atoms. The molecule has 1 aromatic rings. The van der Waals surface area contributed by atoms with E-state index in [0.29, 0.717) is 6.42 Å². The fourth-order valence-electron chi connectivity index (χ4n) is 2.48. The molecule has 6 heteroatoms. The Morgan fingerprint density at radius 2 is 2.14 bits per heavy atom. The molecule has 1 aliphatic rings. The lowest BCUT2D eigenvalue weighted by Crippen LogP contribution is -2.45. The summed E-state index contributed by atoms with van der Waals surface area (Å²) in [5.74, 6) is -0.806. The molecule has 1 aromatic carbocycles. The molecule has 1 N–H and O–H groups in total. The van der Waals surface area contributed by atoms with Crippen molar-refractivity contribution in [1.82, 2.24) is 10.2 Å². The zero-order valence-electron chi connectivity index (χ0n) is 12.0. The molecular weight excluding hydrogens is 295 g/mol. The van der Waals surface area contributed by atoms with E-state index < -0.39 is 11.9 Å². The Hall–Kier alpha value is -1.62. The van der Waals surface area contributed by atoms with Gasteiger partial charge in [0.1, 0.15) is 11.9 Å². The maximum absolute atomic E-state index is 13.9. The summed E-state index contributed by atoms with van der Waals surface area (Å²) in [6.45, 7) is 3.67. The van der Waals surface area contributed by atoms with Crippen LogP contribution in [0.2, 0.25) is 5.02 Å². The summed E-state index contributed by atoms with van der Waals surface area (Å²) in [6, 6.07) is 3.56. The van der Waals surface area contributed by atoms with Crippen molar-refractivity contribution in [2.24, 2.45) is 0 Å². The van der Waals surface area contributed by atoms with E-state index in [-0.39, 0.29) is 41.4 Å². The van der Waals surface area contributed by atoms with Crippen LogP contribution in [0, 0.1) is 5.82 Å². The number of rotatable bonds is 3. The standard InChI is InChI=1S/C15H18ClFN2O2/c1-3-13-15(21)19(9(2)7-14(20)18-13)8-10-11(16)5-4-6-12(10)17/h4-6,9,13H,3,7-8H2,1-2H3,(H,18,20). The first-order chi connectivity index (χ1) is 9.93. The predicted molar refractivity (Wildman–Crippen MR) is 78.3 cm³/mol. The van der Waals surface area contributed by atoms with Crippen LogP contribution in [0.1, 0.15) is 32.3 Å². The summed E-state index contributed by atoms with van der Waals surface area (Å²) >= 11 is 6.02. The first-order valence-corrected chi connectivity index (χ1v) is 7.34. The lowest BCUT2D eigenvalue weighted by Gasteiger charge is -2.29. The van der Waals surface area contributed by atoms with Gasteiger partial charge >= 0.3 is 0 Å². The van der Waals surface area contributed by atoms with E-state index in [0.717, 1.165) is 0 Å². The van der Waals surface area contributed by atoms with E-state index in [1.54, 1.807) is 13.0 Å². The Kier molecular flexibility index (Phi) is 4.83. The minimum atomic E-state index is -0.562. The molecule has 2 atom stereocenters. The van der Waals surface area contributed by atoms with Crippen LogP contribution in [-0.2, 0) is 16.1 Å². The highest BCUT2D eigenvalue weighted by atomic mass is 35.5. The molecular formula is C15H18ClFN2O2. The van der Waals surface area contributed by atoms with Gasteiger partial charge in [-0.05, 0) is 25.5 Å². The van der Waals surface area contributed by atoms with Gasteiger partial charge in [-0.15, -0.1) is 0 Å². The monoisotopic (exact) mass is 312 g/mol. The number of nitrogens with zero attached hydrogens (tertiary/aromatic N) is 1. The van der Waals surface area contributed by atoms with E-state index in [1.807, 2.05) is 6.92 Å². The smallest absolute Gasteiger partial charge is 0.245 e. The molecule has 21 heavy (non-hydrogen) atoms. The van der Waals surface area contributed by atoms with Crippen LogP contribution < -0.4 is 5.32 Å². The molecule has 0 radical (unpaired) electrons. The highest BCUT2D eigenvalue weighted by molar-refractivity contribution is 6.31. The largest absolute Gasteiger partial charge is 0.344 e. The molecule has 4 nitrogen and oxygen atoms in total. The molecule has 0 aliphatic carbocycles. The number of carbonyl (C=O) groups is 2. The predicted octanol–water partition coefficient (Wildman–Crippen LogP) is 2.49. The third-order valence-corrected chi connectivity index (χ3v) is 4.08. The molecule has 1 saturated heterocycles. The summed E-state index contributed by atoms with van der Waals surface area (Å²) in [5.41, 5.74) is 0.281. The number of halogens is 2. The molecule has 2 unspecified atom stereocenters. The van der Waals surface area contributed by atoms with Crippen molar-refractivity contribution in [2.45, 2.75) is 45.3 Å². The second kappa shape index (κ2) is 6.43. The number of carbonyl (C=O) groups excluding carboxylic acids is 2. The maximum atomic E-state index is 13.9. The fourth-order valence-corrected chi connectivity index (χ4v) is 2.70. The minimum absolute atomic E-state index is 0.0664. The average molecular weight is 313 g/mol. The number of hydrogen-bond donors (Lipinski definition) is 1. The zero-order chi connectivity index (χ0) is 15.6. The van der Waals surface area contributed by atoms with Crippen molar-refractivity contribution in [2.75, 3.05) is 0 Å². The van der Waals surface area contributed by atoms with E-state index in [2.05, 4.69) is 5.32 Å². The van der Waals surface area contributed by atoms with Crippen LogP contribution in [-0.4, -0.2) is 28.8 Å². The van der Waals surface area contributed by atoms with E-state index in [9.17, 15) is 14.0 Å². The van der Waals surface area contributed by atoms with Gasteiger partial charge in [0, 0.05) is 23.0 Å². The molecule has 2 rings (SSSR count). The van der Waals surface area contributed by atoms with Gasteiger partial charge in [0.2, 0.25) is 11.8 Å². The van der Waals surface area contributed by atoms with Gasteiger partial charge in [-0.25, -0.2) is 4.39 Å². The molecule has 114 valence electrons. The highest BCUT2D eigenvalue weighted by Gasteiger charge is 2.33. The van der Waals surface area contributed by atoms with Crippen LogP contribution in [0.3, 0.4) is 0 Å². The summed E-state index contributed by atoms with van der Waals surface area (Å²) in [7, 11) is 0. The Morgan fingerprint density at radius 1 is 1.43 bits per heavy atom. The number of hydrogen-bond acceptors (Lipinski definition) is 2. The molecule has 1 fully saturated rings. The summed E-state index contributed by atoms with van der Waals surface area (Å²) in [4.78, 5) is 25.8. The van der Waals surface area contributed by atoms with Gasteiger partial charge < -0.3 is 10.2 Å². The van der Waals surface area contributed by atoms with Crippen molar-refractivity contribution < 1.29 is 14.0 Å². The molecule has 1 aliphatic heterocycles. The van der Waals surface area contributed by atoms with Crippen molar-refractivity contribution >= 4 is 23.4 Å². The summed E-state index contributed by atoms with van der Waals surface area (Å²) in [5, 5.41) is 2.98. The molecule has 0 bridgehead atoms. The summed E-state index contributed by atoms with van der Waals surface area (Å²) < 4.78 is 13.9. The first kappa shape index (κ1) is 15.8. The van der Waals surface area contributed by atoms with Gasteiger partial charge in [-0.3, -0.25) is 9.59 Å². The lowest BCUT2D eigenvalue weighted by atomic mass is 10.1. The second-order valence-corrected chi connectivity index (χ2v) is 5.66. The Bertz CT molecular complexity index is 544. The van der Waals surface area contributed by atoms with E-state index >= 15 is 0 Å². The molecule has 0 saturated carbocycles. The topological polar surface area (TPSA) is 49.4 Å². The number of amides is 2. The van der Waals surface area contributed by atoms with E-state index in [1.165, 1.54) is 17.0 Å². The maximum Gasteiger partial charge on any atom is 0.245 e. The minimum Gasteiger partial charge on any atom is -0.344 e. The molecule has 0 aromatic heterocycles. The van der Waals surface area contributed by atoms with E-state index in [4.69, 9.17) is 11.6 Å². The number of nitrogens with one attached hydrogen (secondary N) is 1. The summed E-state index contributed by atoms with van der Waals surface area (Å²) in [6.07, 6.45) is 0.701. The van der Waals surface area contributed by atoms with Crippen LogP contribution >= 0.6 is 11.6 Å². The fraction of sp³-hybridized carbons (Fsp3) is 0.467. The Balaban J connectivity index is 2.31. The second-order valence-electron chi connectivity index (χ2n) is 5.25. The van der Waals surface area contributed by atoms with Gasteiger partial charge in [-0.1, -0.05) is 24.6 Å². The van der Waals surface area contributed by atoms with Gasteiger partial charge in [0.05, 0.1) is 6.54 Å². The van der Waals surface area contributed by atoms with Crippen LogP contribution in [0.5, 0.6) is 0 Å². The zero-order valence-corrected chi connectivity index (χ0v) is 12.8. The third-order valence-electron chi connectivity index (χ3n) is 3.73. The quantitative estimate of drug-likeness (QED) is 0.932. The third kappa shape index (κ3) is 3.35. The Labute approximate surface area is 128 Å². The average Bonchev–Trinajstić information content (AvgIpc) is 2.52. The van der Waals surface area contributed by atoms with Crippen molar-refractivity contribution in [3.8, 4) is 0 Å². The van der Waals surface area contributed by atoms with Crippen molar-refractivity contribution in [3.05, 3.63) is 34.6 Å². The van der Waals surface area contributed by atoms with Gasteiger partial charge in [0.25, 0.3) is 0 Å². The van der Waals surface area contributed by atoms with Crippen LogP contribution in [0.25, 0.3) is 0 Å². The Morgan fingerprint density at radius 3 is 2.76 bits per heavy atom. The highest BCUT2D eigenvalue weighted by Crippen LogP contribution is 2.24. The van der Waals surface area contributed by atoms with Gasteiger partial charge in [0.15, 0.2) is 0 Å². The molecule has 2 amide bonds. The normalized spacial score (nSPS) is 23.0. The number of benzene rings is 1. The SMILES string of the molecule is CCC1NC(=O)CC(C)N(Cc2c(F)cccc2Cl)C1=O.